The quantitative estimate of drug-likeness (QED) is 0.474. The largest absolute Gasteiger partial charge is 0.325 e. The summed E-state index contributed by atoms with van der Waals surface area (Å²) in [6.07, 6.45) is 2.56. The number of hydrogen-bond acceptors (Lipinski definition) is 1. The molecule has 0 saturated carbocycles. The van der Waals surface area contributed by atoms with E-state index in [2.05, 4.69) is 71.7 Å². The van der Waals surface area contributed by atoms with E-state index in [4.69, 9.17) is 4.41 Å². The second kappa shape index (κ2) is 7.06. The summed E-state index contributed by atoms with van der Waals surface area (Å²) in [7, 11) is -4.04. The summed E-state index contributed by atoms with van der Waals surface area (Å²) in [6.45, 7) is 23.8. The molecule has 0 saturated heterocycles. The van der Waals surface area contributed by atoms with Gasteiger partial charge in [0.2, 0.25) is 0 Å². The van der Waals surface area contributed by atoms with E-state index in [1.165, 1.54) is 12.3 Å². The molecule has 0 heterocycles. The summed E-state index contributed by atoms with van der Waals surface area (Å²) < 4.78 is 9.59. The van der Waals surface area contributed by atoms with Crippen molar-refractivity contribution in [2.24, 2.45) is 16.2 Å². The van der Waals surface area contributed by atoms with Gasteiger partial charge in [-0.2, -0.15) is 0 Å². The Morgan fingerprint density at radius 1 is 0.842 bits per heavy atom. The van der Waals surface area contributed by atoms with Crippen molar-refractivity contribution in [1.29, 1.82) is 0 Å². The lowest BCUT2D eigenvalue weighted by molar-refractivity contribution is 0.711. The van der Waals surface area contributed by atoms with Crippen LogP contribution in [-0.2, 0) is 0 Å². The molecule has 0 aromatic carbocycles. The highest BCUT2D eigenvalue weighted by Gasteiger charge is 2.30. The Labute approximate surface area is 124 Å². The molecule has 1 N–H and O–H groups in total. The summed E-state index contributed by atoms with van der Waals surface area (Å²) in [4.78, 5) is 0. The van der Waals surface area contributed by atoms with E-state index in [0.717, 1.165) is 11.8 Å². The van der Waals surface area contributed by atoms with Crippen LogP contribution >= 0.6 is 7.21 Å². The molecule has 0 fully saturated rings. The van der Waals surface area contributed by atoms with Crippen molar-refractivity contribution >= 4 is 23.7 Å². The average molecular weight is 321 g/mol. The van der Waals surface area contributed by atoms with Gasteiger partial charge in [0, 0.05) is 7.21 Å². The molecule has 19 heavy (non-hydrogen) atoms. The van der Waals surface area contributed by atoms with Crippen LogP contribution in [0, 0.1) is 11.8 Å². The Balaban J connectivity index is 5.65. The first-order valence-corrected chi connectivity index (χ1v) is 16.7. The van der Waals surface area contributed by atoms with Crippen molar-refractivity contribution < 1.29 is 0 Å². The van der Waals surface area contributed by atoms with Gasteiger partial charge in [-0.05, 0) is 24.2 Å². The van der Waals surface area contributed by atoms with E-state index in [1.54, 1.807) is 0 Å². The van der Waals surface area contributed by atoms with Gasteiger partial charge in [0.15, 0.2) is 8.24 Å². The van der Waals surface area contributed by atoms with Crippen molar-refractivity contribution in [3.8, 4) is 0 Å². The third kappa shape index (κ3) is 10.1. The first-order valence-electron chi connectivity index (χ1n) is 7.66. The van der Waals surface area contributed by atoms with Crippen molar-refractivity contribution in [2.45, 2.75) is 67.0 Å². The molecule has 0 unspecified atom stereocenters. The third-order valence-corrected chi connectivity index (χ3v) is 13.3. The number of rotatable bonds is 7. The second-order valence-corrected chi connectivity index (χ2v) is 21.8. The monoisotopic (exact) mass is 320 g/mol. The summed E-state index contributed by atoms with van der Waals surface area (Å²) >= 11 is 0. The van der Waals surface area contributed by atoms with Crippen LogP contribution in [0.3, 0.4) is 0 Å². The minimum atomic E-state index is -1.39. The Morgan fingerprint density at radius 3 is 1.42 bits per heavy atom. The third-order valence-electron chi connectivity index (χ3n) is 2.37. The molecule has 116 valence electrons. The maximum Gasteiger partial charge on any atom is 0.172 e. The van der Waals surface area contributed by atoms with Crippen LogP contribution in [0.25, 0.3) is 0 Å². The van der Waals surface area contributed by atoms with Crippen LogP contribution in [0.2, 0.25) is 39.3 Å². The van der Waals surface area contributed by atoms with Crippen LogP contribution in [0.5, 0.6) is 0 Å². The highest BCUT2D eigenvalue weighted by atomic mass is 31.2. The smallest absolute Gasteiger partial charge is 0.172 e. The topological polar surface area (TPSA) is 24.4 Å². The maximum atomic E-state index is 5.48. The Hall–Kier alpha value is 0.624. The molecule has 0 aliphatic carbocycles. The van der Waals surface area contributed by atoms with Gasteiger partial charge in [-0.1, -0.05) is 67.0 Å². The fraction of sp³-hybridized carbons (Fsp3) is 1.00. The zero-order valence-electron chi connectivity index (χ0n) is 15.0. The second-order valence-electron chi connectivity index (χ2n) is 8.71. The summed E-state index contributed by atoms with van der Waals surface area (Å²) in [5, 5.41) is 0. The Kier molecular flexibility index (Phi) is 7.29. The predicted molar refractivity (Wildman–Crippen MR) is 98.6 cm³/mol. The SMILES string of the molecule is CC(C)CP(CC(C)C)(=N[Si](C)(C)C)N[Si](C)(C)C. The van der Waals surface area contributed by atoms with Crippen LogP contribution in [0.1, 0.15) is 27.7 Å². The molecular formula is C14H37N2PSi2. The minimum absolute atomic E-state index is 0.732. The Bertz CT molecular complexity index is 311. The maximum absolute atomic E-state index is 5.48. The van der Waals surface area contributed by atoms with E-state index >= 15 is 0 Å². The number of hydrogen-bond donors (Lipinski definition) is 1. The molecule has 0 radical (unpaired) electrons. The molecule has 0 spiro atoms. The van der Waals surface area contributed by atoms with Gasteiger partial charge in [0.25, 0.3) is 0 Å². The summed E-state index contributed by atoms with van der Waals surface area (Å²) in [6, 6.07) is 0. The highest BCUT2D eigenvalue weighted by Crippen LogP contribution is 2.51. The van der Waals surface area contributed by atoms with Gasteiger partial charge >= 0.3 is 0 Å². The van der Waals surface area contributed by atoms with Crippen molar-refractivity contribution in [1.82, 2.24) is 4.75 Å². The lowest BCUT2D eigenvalue weighted by atomic mass is 10.3. The highest BCUT2D eigenvalue weighted by molar-refractivity contribution is 7.67. The standard InChI is InChI=1S/C14H37N2PSi2/c1-13(2)11-17(12-14(3)4,15-18(5,6)7)16-19(8,9)10/h13-15H,11-12H2,1-10H3. The molecule has 0 amide bonds. The van der Waals surface area contributed by atoms with Gasteiger partial charge in [-0.25, -0.2) is 0 Å². The van der Waals surface area contributed by atoms with Gasteiger partial charge < -0.3 is 9.16 Å². The van der Waals surface area contributed by atoms with Crippen LogP contribution in [-0.4, -0.2) is 28.8 Å². The molecule has 0 rings (SSSR count). The fourth-order valence-corrected chi connectivity index (χ4v) is 16.9. The molecular weight excluding hydrogens is 283 g/mol. The van der Waals surface area contributed by atoms with E-state index in [0.29, 0.717) is 0 Å². The first kappa shape index (κ1) is 19.6. The minimum Gasteiger partial charge on any atom is -0.325 e. The molecule has 0 atom stereocenters. The molecule has 0 aromatic rings. The van der Waals surface area contributed by atoms with Crippen molar-refractivity contribution in [3.63, 3.8) is 0 Å². The fourth-order valence-electron chi connectivity index (χ4n) is 2.68. The van der Waals surface area contributed by atoms with Crippen LogP contribution < -0.4 is 4.75 Å². The summed E-state index contributed by atoms with van der Waals surface area (Å²) in [5.41, 5.74) is 0. The number of nitrogens with zero attached hydrogens (tertiary/aromatic N) is 1. The van der Waals surface area contributed by atoms with Crippen molar-refractivity contribution in [2.75, 3.05) is 12.3 Å². The van der Waals surface area contributed by atoms with Crippen molar-refractivity contribution in [3.05, 3.63) is 0 Å². The molecule has 0 aliphatic rings. The van der Waals surface area contributed by atoms with Gasteiger partial charge in [0.05, 0.1) is 0 Å². The molecule has 0 aromatic heterocycles. The average Bonchev–Trinajstić information content (AvgIpc) is 1.89. The first-order chi connectivity index (χ1) is 8.25. The lowest BCUT2D eigenvalue weighted by Gasteiger charge is -2.37. The predicted octanol–water partition coefficient (Wildman–Crippen LogP) is 5.67. The molecule has 5 heteroatoms. The zero-order chi connectivity index (χ0) is 15.5. The lowest BCUT2D eigenvalue weighted by Crippen LogP contribution is -2.41. The number of nitrogens with one attached hydrogen (secondary N) is 1. The van der Waals surface area contributed by atoms with Crippen LogP contribution in [0.15, 0.2) is 4.41 Å². The molecule has 0 aliphatic heterocycles. The molecule has 0 bridgehead atoms. The zero-order valence-corrected chi connectivity index (χ0v) is 17.9. The molecule has 2 nitrogen and oxygen atoms in total. The van der Waals surface area contributed by atoms with E-state index in [1.807, 2.05) is 0 Å². The van der Waals surface area contributed by atoms with E-state index in [9.17, 15) is 0 Å². The van der Waals surface area contributed by atoms with Gasteiger partial charge in [-0.3, -0.25) is 0 Å². The Morgan fingerprint density at radius 2 is 1.21 bits per heavy atom. The van der Waals surface area contributed by atoms with Gasteiger partial charge in [0.1, 0.15) is 8.24 Å². The van der Waals surface area contributed by atoms with E-state index < -0.39 is 23.7 Å². The normalized spacial score (nSPS) is 14.3. The van der Waals surface area contributed by atoms with Gasteiger partial charge in [-0.15, -0.1) is 0 Å². The van der Waals surface area contributed by atoms with Crippen LogP contribution in [0.4, 0.5) is 0 Å². The summed E-state index contributed by atoms with van der Waals surface area (Å²) in [5.74, 6) is 1.46. The van der Waals surface area contributed by atoms with E-state index in [-0.39, 0.29) is 0 Å².